The molecule has 0 aliphatic carbocycles. The Morgan fingerprint density at radius 1 is 0.545 bits per heavy atom. The summed E-state index contributed by atoms with van der Waals surface area (Å²) in [6.07, 6.45) is 0. The Labute approximate surface area is 96.4 Å². The van der Waals surface area contributed by atoms with Crippen LogP contribution in [0.4, 0.5) is 0 Å². The Bertz CT molecular complexity index is 25.3. The predicted molar refractivity (Wildman–Crippen MR) is 74.9 cm³/mol. The van der Waals surface area contributed by atoms with Crippen LogP contribution in [0.3, 0.4) is 0 Å². The number of hydrogen-bond acceptors (Lipinski definition) is 4. The van der Waals surface area contributed by atoms with Gasteiger partial charge >= 0.3 is 56.3 Å². The summed E-state index contributed by atoms with van der Waals surface area (Å²) in [6, 6.07) is 0. The Kier molecular flexibility index (Phi) is 6450. The van der Waals surface area contributed by atoms with Crippen LogP contribution < -0.4 is 0 Å². The molecule has 0 saturated heterocycles. The molecule has 0 unspecified atom stereocenters. The molecule has 11 heavy (non-hydrogen) atoms. The molecule has 0 spiro atoms. The number of thiocarbonyl (C=S) groups is 1. The summed E-state index contributed by atoms with van der Waals surface area (Å²) in [5.41, 5.74) is 0. The summed E-state index contributed by atoms with van der Waals surface area (Å²) >= 11 is 14.6. The second-order valence-corrected chi connectivity index (χ2v) is 0. The molecule has 0 atom stereocenters. The van der Waals surface area contributed by atoms with Gasteiger partial charge in [-0.05, 0) is 5.87 Å². The van der Waals surface area contributed by atoms with Gasteiger partial charge in [-0.25, -0.2) is 0 Å². The van der Waals surface area contributed by atoms with Gasteiger partial charge in [0.25, 0.3) is 0 Å². The molecule has 7 heteroatoms. The van der Waals surface area contributed by atoms with E-state index < -0.39 is 0 Å². The Morgan fingerprint density at radius 3 is 0.545 bits per heavy atom. The summed E-state index contributed by atoms with van der Waals surface area (Å²) in [6.45, 7) is 12.2. The minimum atomic E-state index is 0. The fourth-order valence-corrected chi connectivity index (χ4v) is 0. The van der Waals surface area contributed by atoms with Crippen LogP contribution in [0.25, 0.3) is 0 Å². The van der Waals surface area contributed by atoms with Crippen LogP contribution in [-0.2, 0) is 0 Å². The Balaban J connectivity index is -0.00000000356. The summed E-state index contributed by atoms with van der Waals surface area (Å²) in [4.78, 5) is 0. The summed E-state index contributed by atoms with van der Waals surface area (Å²) in [7, 11) is 0. The van der Waals surface area contributed by atoms with E-state index >= 15 is 0 Å². The third-order valence-electron chi connectivity index (χ3n) is 0. The zero-order chi connectivity index (χ0) is 8.00. The predicted octanol–water partition coefficient (Wildman–Crippen LogP) is 3.33. The molecule has 0 heterocycles. The van der Waals surface area contributed by atoms with Gasteiger partial charge in [-0.3, -0.25) is 0 Å². The van der Waals surface area contributed by atoms with Crippen molar-refractivity contribution in [3.63, 3.8) is 0 Å². The number of hydrogen-bond donors (Lipinski definition) is 0. The van der Waals surface area contributed by atoms with Crippen LogP contribution in [0.15, 0.2) is 0 Å². The summed E-state index contributed by atoms with van der Waals surface area (Å²) < 4.78 is 0. The number of rotatable bonds is 0. The first-order chi connectivity index (χ1) is 4.00. The van der Waals surface area contributed by atoms with Gasteiger partial charge in [-0.2, -0.15) is 0 Å². The van der Waals surface area contributed by atoms with Gasteiger partial charge in [-0.15, -0.1) is 0 Å². The molecule has 63 valence electrons. The van der Waals surface area contributed by atoms with Gasteiger partial charge in [-0.1, -0.05) is 34.5 Å². The van der Waals surface area contributed by atoms with E-state index in [0.717, 1.165) is 0 Å². The fourth-order valence-electron chi connectivity index (χ4n) is 0. The van der Waals surface area contributed by atoms with E-state index in [2.05, 4.69) is 74.4 Å². The molecule has 0 rings (SSSR count). The SMILES string of the molecule is C.C.C.C=S.[B]=S.[B]=S.[B]=S. The van der Waals surface area contributed by atoms with Gasteiger partial charge in [0.1, 0.15) is 0 Å². The molecule has 0 bridgehead atoms. The summed E-state index contributed by atoms with van der Waals surface area (Å²) in [5.74, 6) is 2.83. The topological polar surface area (TPSA) is 0 Å². The molecule has 0 amide bonds. The molecule has 0 fully saturated rings. The van der Waals surface area contributed by atoms with Crippen LogP contribution >= 0.6 is 48.4 Å². The van der Waals surface area contributed by atoms with Gasteiger partial charge < -0.3 is 0 Å². The van der Waals surface area contributed by atoms with Gasteiger partial charge in [0.2, 0.25) is 0 Å². The van der Waals surface area contributed by atoms with Gasteiger partial charge in [0.15, 0.2) is 0 Å². The first kappa shape index (κ1) is 58.5. The molecule has 0 aromatic heterocycles. The monoisotopic (exact) mass is 223 g/mol. The average Bonchev–Trinajstić information content (AvgIpc) is 2.03. The van der Waals surface area contributed by atoms with Crippen molar-refractivity contribution in [3.8, 4) is 0 Å². The maximum atomic E-state index is 4.08. The molecule has 0 saturated carbocycles. The first-order valence-corrected chi connectivity index (χ1v) is 2.99. The molecule has 0 aromatic carbocycles. The van der Waals surface area contributed by atoms with E-state index in [9.17, 15) is 0 Å². The van der Waals surface area contributed by atoms with Crippen molar-refractivity contribution < 1.29 is 0 Å². The Hall–Kier alpha value is 0.945. The molecular weight excluding hydrogens is 209 g/mol. The van der Waals surface area contributed by atoms with Crippen LogP contribution in [0.2, 0.25) is 0 Å². The second kappa shape index (κ2) is 1210. The Morgan fingerprint density at radius 2 is 0.545 bits per heavy atom. The molecule has 0 aliphatic heterocycles. The van der Waals surface area contributed by atoms with Crippen LogP contribution in [0.1, 0.15) is 22.3 Å². The van der Waals surface area contributed by atoms with Crippen LogP contribution in [0.5, 0.6) is 0 Å². The van der Waals surface area contributed by atoms with Crippen molar-refractivity contribution in [3.05, 3.63) is 0 Å². The first-order valence-electron chi connectivity index (χ1n) is 0.996. The van der Waals surface area contributed by atoms with Crippen LogP contribution in [-0.4, -0.2) is 26.0 Å². The maximum absolute atomic E-state index is 4.08. The van der Waals surface area contributed by atoms with E-state index in [1.54, 1.807) is 0 Å². The van der Waals surface area contributed by atoms with E-state index in [4.69, 9.17) is 0 Å². The third-order valence-corrected chi connectivity index (χ3v) is 0. The van der Waals surface area contributed by atoms with E-state index in [-0.39, 0.29) is 22.3 Å². The molecule has 3 radical (unpaired) electrons. The van der Waals surface area contributed by atoms with Crippen molar-refractivity contribution >= 4 is 74.4 Å². The molecule has 0 N–H and O–H groups in total. The van der Waals surface area contributed by atoms with Crippen molar-refractivity contribution in [1.29, 1.82) is 0 Å². The zero-order valence-corrected chi connectivity index (χ0v) is 7.34. The molecule has 0 aromatic rings. The normalized spacial score (nSPS) is 1.18. The van der Waals surface area contributed by atoms with Crippen LogP contribution in [0, 0.1) is 0 Å². The van der Waals surface area contributed by atoms with E-state index in [1.807, 2.05) is 0 Å². The van der Waals surface area contributed by atoms with Crippen molar-refractivity contribution in [2.45, 2.75) is 22.3 Å². The molecule has 0 aliphatic rings. The van der Waals surface area contributed by atoms with Crippen molar-refractivity contribution in [1.82, 2.24) is 0 Å². The minimum absolute atomic E-state index is 0. The quantitative estimate of drug-likeness (QED) is 0.455. The molecule has 0 nitrogen and oxygen atoms in total. The van der Waals surface area contributed by atoms with Crippen molar-refractivity contribution in [2.24, 2.45) is 0 Å². The standard InChI is InChI=1S/CH2S.3CH4.3BS/c1-2;;;;3*1-2/h1H2;3*1H4;;;. The van der Waals surface area contributed by atoms with E-state index in [0.29, 0.717) is 0 Å². The third kappa shape index (κ3) is 981. The second-order valence-electron chi connectivity index (χ2n) is 0. The molecular formula is C4H14B3S4. The van der Waals surface area contributed by atoms with Gasteiger partial charge in [0.05, 0.1) is 0 Å². The average molecular weight is 223 g/mol. The summed E-state index contributed by atoms with van der Waals surface area (Å²) in [5, 5.41) is 0. The van der Waals surface area contributed by atoms with Gasteiger partial charge in [0, 0.05) is 0 Å². The zero-order valence-electron chi connectivity index (χ0n) is 4.07. The van der Waals surface area contributed by atoms with Crippen molar-refractivity contribution in [2.75, 3.05) is 0 Å². The van der Waals surface area contributed by atoms with E-state index in [1.165, 1.54) is 0 Å². The fraction of sp³-hybridized carbons (Fsp3) is 0.750.